The number of hydrogen-bond acceptors (Lipinski definition) is 5. The van der Waals surface area contributed by atoms with Crippen LogP contribution in [0.1, 0.15) is 11.1 Å². The van der Waals surface area contributed by atoms with E-state index in [0.717, 1.165) is 28.6 Å². The van der Waals surface area contributed by atoms with E-state index in [4.69, 9.17) is 0 Å². The first kappa shape index (κ1) is 19.5. The number of amides is 2. The largest absolute Gasteiger partial charge is 0.325 e. The summed E-state index contributed by atoms with van der Waals surface area (Å²) in [7, 11) is 0. The van der Waals surface area contributed by atoms with E-state index in [-0.39, 0.29) is 28.8 Å². The molecular formula is C18H19N3O4S. The molecule has 0 saturated carbocycles. The van der Waals surface area contributed by atoms with Gasteiger partial charge in [0, 0.05) is 11.8 Å². The van der Waals surface area contributed by atoms with Crippen molar-refractivity contribution in [3.05, 3.63) is 63.7 Å². The monoisotopic (exact) mass is 373 g/mol. The molecule has 0 aliphatic carbocycles. The first-order valence-electron chi connectivity index (χ1n) is 7.85. The number of hydrogen-bond donors (Lipinski definition) is 2. The second kappa shape index (κ2) is 9.00. The lowest BCUT2D eigenvalue weighted by atomic mass is 10.2. The van der Waals surface area contributed by atoms with Crippen LogP contribution in [0, 0.1) is 24.0 Å². The van der Waals surface area contributed by atoms with Crippen LogP contribution >= 0.6 is 11.8 Å². The number of rotatable bonds is 7. The average molecular weight is 373 g/mol. The van der Waals surface area contributed by atoms with Crippen LogP contribution < -0.4 is 10.6 Å². The molecule has 7 nitrogen and oxygen atoms in total. The molecule has 0 fully saturated rings. The van der Waals surface area contributed by atoms with Gasteiger partial charge in [0.25, 0.3) is 5.69 Å². The van der Waals surface area contributed by atoms with Crippen LogP contribution in [0.5, 0.6) is 0 Å². The van der Waals surface area contributed by atoms with Crippen LogP contribution in [0.25, 0.3) is 0 Å². The van der Waals surface area contributed by atoms with Gasteiger partial charge in [0.1, 0.15) is 5.69 Å². The van der Waals surface area contributed by atoms with Crippen molar-refractivity contribution >= 4 is 40.6 Å². The lowest BCUT2D eigenvalue weighted by Crippen LogP contribution is -2.19. The summed E-state index contributed by atoms with van der Waals surface area (Å²) in [5, 5.41) is 16.4. The maximum absolute atomic E-state index is 12.0. The number of thioether (sulfide) groups is 1. The van der Waals surface area contributed by atoms with Gasteiger partial charge in [-0.1, -0.05) is 24.3 Å². The molecule has 0 atom stereocenters. The Kier molecular flexibility index (Phi) is 6.74. The van der Waals surface area contributed by atoms with Gasteiger partial charge in [0.2, 0.25) is 11.8 Å². The van der Waals surface area contributed by atoms with Crippen LogP contribution in [-0.2, 0) is 9.59 Å². The number of nitro groups is 1. The van der Waals surface area contributed by atoms with Gasteiger partial charge in [-0.2, -0.15) is 0 Å². The third-order valence-electron chi connectivity index (χ3n) is 3.51. The molecule has 26 heavy (non-hydrogen) atoms. The maximum atomic E-state index is 12.0. The van der Waals surface area contributed by atoms with E-state index in [1.807, 2.05) is 25.1 Å². The van der Waals surface area contributed by atoms with E-state index < -0.39 is 10.8 Å². The van der Waals surface area contributed by atoms with Crippen molar-refractivity contribution in [1.29, 1.82) is 0 Å². The zero-order valence-electron chi connectivity index (χ0n) is 14.4. The Bertz CT molecular complexity index is 839. The number of nitrogens with one attached hydrogen (secondary N) is 2. The number of anilines is 2. The van der Waals surface area contributed by atoms with Crippen LogP contribution in [0.15, 0.2) is 42.5 Å². The molecule has 0 bridgehead atoms. The molecule has 0 heterocycles. The minimum atomic E-state index is -0.536. The number of carbonyl (C=O) groups is 2. The fourth-order valence-corrected chi connectivity index (χ4v) is 2.84. The Balaban J connectivity index is 1.83. The summed E-state index contributed by atoms with van der Waals surface area (Å²) in [5.41, 5.74) is 2.42. The lowest BCUT2D eigenvalue weighted by Gasteiger charge is -2.08. The third-order valence-corrected chi connectivity index (χ3v) is 4.44. The summed E-state index contributed by atoms with van der Waals surface area (Å²) in [6, 6.07) is 12.0. The summed E-state index contributed by atoms with van der Waals surface area (Å²) >= 11 is 1.14. The zero-order chi connectivity index (χ0) is 19.1. The molecule has 0 spiro atoms. The summed E-state index contributed by atoms with van der Waals surface area (Å²) in [6.07, 6.45) is 0. The molecule has 2 rings (SSSR count). The van der Waals surface area contributed by atoms with Gasteiger partial charge in [0.15, 0.2) is 0 Å². The predicted molar refractivity (Wildman–Crippen MR) is 104 cm³/mol. The lowest BCUT2D eigenvalue weighted by molar-refractivity contribution is -0.384. The molecular weight excluding hydrogens is 354 g/mol. The van der Waals surface area contributed by atoms with Gasteiger partial charge in [-0.3, -0.25) is 19.7 Å². The molecule has 0 aliphatic heterocycles. The van der Waals surface area contributed by atoms with Crippen LogP contribution in [0.3, 0.4) is 0 Å². The number of para-hydroxylation sites is 1. The first-order chi connectivity index (χ1) is 12.4. The first-order valence-corrected chi connectivity index (χ1v) is 9.00. The van der Waals surface area contributed by atoms with E-state index >= 15 is 0 Å². The second-order valence-electron chi connectivity index (χ2n) is 5.68. The fraction of sp³-hybridized carbons (Fsp3) is 0.222. The SMILES string of the molecule is Cc1ccc(NC(=O)CSCC(=O)Nc2ccccc2C)c([N+](=O)[O-])c1. The molecule has 8 heteroatoms. The highest BCUT2D eigenvalue weighted by Gasteiger charge is 2.16. The number of carbonyl (C=O) groups excluding carboxylic acids is 2. The van der Waals surface area contributed by atoms with Crippen LogP contribution in [-0.4, -0.2) is 28.2 Å². The molecule has 136 valence electrons. The van der Waals surface area contributed by atoms with Crippen LogP contribution in [0.4, 0.5) is 17.1 Å². The van der Waals surface area contributed by atoms with Crippen molar-refractivity contribution in [2.24, 2.45) is 0 Å². The summed E-state index contributed by atoms with van der Waals surface area (Å²) in [4.78, 5) is 34.4. The average Bonchev–Trinajstić information content (AvgIpc) is 2.58. The minimum Gasteiger partial charge on any atom is -0.325 e. The van der Waals surface area contributed by atoms with Gasteiger partial charge < -0.3 is 10.6 Å². The normalized spacial score (nSPS) is 10.2. The Morgan fingerprint density at radius 1 is 1.00 bits per heavy atom. The van der Waals surface area contributed by atoms with E-state index in [0.29, 0.717) is 0 Å². The van der Waals surface area contributed by atoms with Gasteiger partial charge in [-0.15, -0.1) is 11.8 Å². The van der Waals surface area contributed by atoms with Gasteiger partial charge >= 0.3 is 0 Å². The number of nitrogens with zero attached hydrogens (tertiary/aromatic N) is 1. The highest BCUT2D eigenvalue weighted by Crippen LogP contribution is 2.25. The second-order valence-corrected chi connectivity index (χ2v) is 6.67. The summed E-state index contributed by atoms with van der Waals surface area (Å²) in [5.74, 6) is -0.478. The molecule has 2 N–H and O–H groups in total. The molecule has 2 aromatic carbocycles. The van der Waals surface area contributed by atoms with Crippen molar-refractivity contribution in [3.63, 3.8) is 0 Å². The van der Waals surface area contributed by atoms with Crippen molar-refractivity contribution in [2.45, 2.75) is 13.8 Å². The minimum absolute atomic E-state index is 0.0201. The van der Waals surface area contributed by atoms with E-state index in [2.05, 4.69) is 10.6 Å². The van der Waals surface area contributed by atoms with Gasteiger partial charge in [-0.25, -0.2) is 0 Å². The van der Waals surface area contributed by atoms with Crippen LogP contribution in [0.2, 0.25) is 0 Å². The highest BCUT2D eigenvalue weighted by molar-refractivity contribution is 8.00. The molecule has 0 aromatic heterocycles. The topological polar surface area (TPSA) is 101 Å². The van der Waals surface area contributed by atoms with Crippen molar-refractivity contribution < 1.29 is 14.5 Å². The smallest absolute Gasteiger partial charge is 0.293 e. The number of nitro benzene ring substituents is 1. The standard InChI is InChI=1S/C18H19N3O4S/c1-12-7-8-15(16(9-12)21(24)25)20-18(23)11-26-10-17(22)19-14-6-4-3-5-13(14)2/h3-9H,10-11H2,1-2H3,(H,19,22)(H,20,23). The van der Waals surface area contributed by atoms with Crippen molar-refractivity contribution in [1.82, 2.24) is 0 Å². The van der Waals surface area contributed by atoms with E-state index in [9.17, 15) is 19.7 Å². The van der Waals surface area contributed by atoms with E-state index in [1.165, 1.54) is 12.1 Å². The third kappa shape index (κ3) is 5.59. The quantitative estimate of drug-likeness (QED) is 0.571. The zero-order valence-corrected chi connectivity index (χ0v) is 15.3. The molecule has 2 aromatic rings. The Morgan fingerprint density at radius 2 is 1.62 bits per heavy atom. The summed E-state index contributed by atoms with van der Waals surface area (Å²) in [6.45, 7) is 3.63. The fourth-order valence-electron chi connectivity index (χ4n) is 2.22. The molecule has 0 aliphatic rings. The molecule has 0 saturated heterocycles. The van der Waals surface area contributed by atoms with Crippen molar-refractivity contribution in [3.8, 4) is 0 Å². The van der Waals surface area contributed by atoms with Gasteiger partial charge in [0.05, 0.1) is 16.4 Å². The number of aryl methyl sites for hydroxylation is 2. The Hall–Kier alpha value is -2.87. The Labute approximate surface area is 155 Å². The number of benzene rings is 2. The Morgan fingerprint density at radius 3 is 2.23 bits per heavy atom. The molecule has 2 amide bonds. The predicted octanol–water partition coefficient (Wildman–Crippen LogP) is 3.52. The van der Waals surface area contributed by atoms with Crippen molar-refractivity contribution in [2.75, 3.05) is 22.1 Å². The highest BCUT2D eigenvalue weighted by atomic mass is 32.2. The maximum Gasteiger partial charge on any atom is 0.293 e. The summed E-state index contributed by atoms with van der Waals surface area (Å²) < 4.78 is 0. The van der Waals surface area contributed by atoms with E-state index in [1.54, 1.807) is 19.1 Å². The molecule has 0 unspecified atom stereocenters. The van der Waals surface area contributed by atoms with Gasteiger partial charge in [-0.05, 0) is 37.1 Å². The molecule has 0 radical (unpaired) electrons.